The highest BCUT2D eigenvalue weighted by molar-refractivity contribution is 5.68. The summed E-state index contributed by atoms with van der Waals surface area (Å²) >= 11 is 0. The van der Waals surface area contributed by atoms with Gasteiger partial charge in [-0.25, -0.2) is 9.59 Å². The summed E-state index contributed by atoms with van der Waals surface area (Å²) in [6, 6.07) is 8.37. The van der Waals surface area contributed by atoms with Crippen LogP contribution in [-0.2, 0) is 49.3 Å². The number of hydrogen-bond acceptors (Lipinski definition) is 14. The second-order valence-corrected chi connectivity index (χ2v) is 15.3. The van der Waals surface area contributed by atoms with Crippen LogP contribution in [0.15, 0.2) is 24.3 Å². The van der Waals surface area contributed by atoms with Gasteiger partial charge in [-0.3, -0.25) is 4.90 Å². The molecule has 16 heteroatoms. The Morgan fingerprint density at radius 2 is 1.70 bits per heavy atom. The molecular formula is C41H67N3O13. The summed E-state index contributed by atoms with van der Waals surface area (Å²) in [4.78, 5) is 45.5. The second-order valence-electron chi connectivity index (χ2n) is 15.3. The van der Waals surface area contributed by atoms with Crippen molar-refractivity contribution in [1.82, 2.24) is 9.80 Å². The summed E-state index contributed by atoms with van der Waals surface area (Å²) in [5.74, 6) is 0.134. The smallest absolute Gasteiger partial charge is 0.449 e. The molecule has 2 heterocycles. The van der Waals surface area contributed by atoms with E-state index in [1.54, 1.807) is 7.11 Å². The molecule has 0 bridgehead atoms. The number of benzene rings is 1. The van der Waals surface area contributed by atoms with Crippen molar-refractivity contribution in [1.29, 1.82) is 0 Å². The zero-order valence-electron chi connectivity index (χ0n) is 34.6. The van der Waals surface area contributed by atoms with Crippen molar-refractivity contribution >= 4 is 12.2 Å². The second kappa shape index (κ2) is 25.9. The van der Waals surface area contributed by atoms with E-state index < -0.39 is 35.5 Å². The lowest BCUT2D eigenvalue weighted by Gasteiger charge is -2.47. The summed E-state index contributed by atoms with van der Waals surface area (Å²) in [6.45, 7) is 12.7. The Morgan fingerprint density at radius 1 is 0.947 bits per heavy atom. The first-order valence-electron chi connectivity index (χ1n) is 20.9. The van der Waals surface area contributed by atoms with Crippen LogP contribution in [0.2, 0.25) is 0 Å². The lowest BCUT2D eigenvalue weighted by Crippen LogP contribution is -2.56. The summed E-state index contributed by atoms with van der Waals surface area (Å²) in [6.07, 6.45) is 3.58. The molecule has 324 valence electrons. The minimum absolute atomic E-state index is 0.0530. The predicted molar refractivity (Wildman–Crippen MR) is 209 cm³/mol. The van der Waals surface area contributed by atoms with E-state index in [-0.39, 0.29) is 50.8 Å². The van der Waals surface area contributed by atoms with Gasteiger partial charge in [-0.05, 0) is 68.9 Å². The highest BCUT2D eigenvalue weighted by atomic mass is 16.9. The Hall–Kier alpha value is -3.28. The van der Waals surface area contributed by atoms with Gasteiger partial charge in [0.15, 0.2) is 0 Å². The third kappa shape index (κ3) is 16.1. The third-order valence-corrected chi connectivity index (χ3v) is 10.8. The number of carbonyl (C=O) groups is 2. The van der Waals surface area contributed by atoms with Crippen LogP contribution in [-0.4, -0.2) is 144 Å². The number of rotatable bonds is 25. The number of ether oxygens (including phenoxy) is 8. The van der Waals surface area contributed by atoms with Crippen molar-refractivity contribution in [3.05, 3.63) is 45.5 Å². The molecule has 7 atom stereocenters. The van der Waals surface area contributed by atoms with E-state index in [9.17, 15) is 19.7 Å². The monoisotopic (exact) mass is 809 g/mol. The van der Waals surface area contributed by atoms with Gasteiger partial charge in [0.2, 0.25) is 0 Å². The quantitative estimate of drug-likeness (QED) is 0.0487. The number of nitrogens with zero attached hydrogens (tertiary/aromatic N) is 3. The number of piperidine rings is 1. The minimum Gasteiger partial charge on any atom is -0.449 e. The van der Waals surface area contributed by atoms with Crippen molar-refractivity contribution in [2.75, 3.05) is 92.8 Å². The number of carbonyl (C=O) groups excluding carboxylic acids is 2. The molecule has 16 nitrogen and oxygen atoms in total. The highest BCUT2D eigenvalue weighted by Crippen LogP contribution is 2.37. The third-order valence-electron chi connectivity index (χ3n) is 10.8. The summed E-state index contributed by atoms with van der Waals surface area (Å²) in [5.41, 5.74) is 1.91. The molecule has 1 aliphatic carbocycles. The van der Waals surface area contributed by atoms with Crippen LogP contribution in [0.25, 0.3) is 0 Å². The number of methoxy groups -OCH3 is 1. The highest BCUT2D eigenvalue weighted by Gasteiger charge is 2.44. The molecule has 1 aromatic rings. The Balaban J connectivity index is 1.51. The zero-order chi connectivity index (χ0) is 40.8. The maximum Gasteiger partial charge on any atom is 0.508 e. The van der Waals surface area contributed by atoms with E-state index in [2.05, 4.69) is 16.7 Å². The van der Waals surface area contributed by atoms with Crippen LogP contribution in [0.1, 0.15) is 89.2 Å². The van der Waals surface area contributed by atoms with Gasteiger partial charge in [-0.2, -0.15) is 0 Å². The maximum absolute atomic E-state index is 13.5. The Labute approximate surface area is 338 Å². The normalized spacial score (nSPS) is 24.3. The van der Waals surface area contributed by atoms with Gasteiger partial charge in [0, 0.05) is 52.0 Å². The fraction of sp³-hybridized carbons (Fsp3) is 0.805. The van der Waals surface area contributed by atoms with Crippen molar-refractivity contribution in [3.8, 4) is 0 Å². The lowest BCUT2D eigenvalue weighted by molar-refractivity contribution is -0.757. The number of unbranched alkanes of at least 4 members (excludes halogenated alkanes) is 2. The average molecular weight is 810 g/mol. The van der Waals surface area contributed by atoms with Gasteiger partial charge >= 0.3 is 12.2 Å². The number of hydrogen-bond donors (Lipinski definition) is 0. The van der Waals surface area contributed by atoms with Crippen LogP contribution in [0.3, 0.4) is 0 Å². The first-order chi connectivity index (χ1) is 27.7. The van der Waals surface area contributed by atoms with Gasteiger partial charge in [-0.15, -0.1) is 10.1 Å². The average Bonchev–Trinajstić information content (AvgIpc) is 3.20. The molecule has 0 aromatic heterocycles. The van der Waals surface area contributed by atoms with Gasteiger partial charge in [-0.1, -0.05) is 44.5 Å². The fourth-order valence-electron chi connectivity index (χ4n) is 7.82. The van der Waals surface area contributed by atoms with E-state index in [1.165, 1.54) is 4.90 Å². The van der Waals surface area contributed by atoms with Crippen LogP contribution in [0, 0.1) is 22.0 Å². The van der Waals surface area contributed by atoms with E-state index in [1.807, 2.05) is 38.1 Å². The van der Waals surface area contributed by atoms with Crippen molar-refractivity contribution in [2.45, 2.75) is 109 Å². The molecule has 1 aromatic carbocycles. The minimum atomic E-state index is -0.843. The molecule has 3 aliphatic rings. The molecule has 1 amide bonds. The van der Waals surface area contributed by atoms with Gasteiger partial charge < -0.3 is 47.6 Å². The van der Waals surface area contributed by atoms with Crippen LogP contribution >= 0.6 is 0 Å². The molecule has 7 unspecified atom stereocenters. The summed E-state index contributed by atoms with van der Waals surface area (Å²) in [5, 5.41) is 9.65. The van der Waals surface area contributed by atoms with E-state index in [4.69, 9.17) is 37.9 Å². The Bertz CT molecular complexity index is 1310. The fourth-order valence-corrected chi connectivity index (χ4v) is 7.82. The van der Waals surface area contributed by atoms with Crippen LogP contribution in [0.4, 0.5) is 9.59 Å². The van der Waals surface area contributed by atoms with Crippen molar-refractivity contribution in [2.24, 2.45) is 11.8 Å². The largest absolute Gasteiger partial charge is 0.508 e. The standard InChI is InChI=1S/C41H67N3O13/c1-5-7-20-54-41(46)57-38-26-43(40(45)53-21-8-9-22-56-44(47)48)25-37(39(38)34-14-11-32(12-15-34)29-51-28-31(3)27-50-6-2)55-30-33-13-16-36-35(24-33)42(18-23-52-36)17-10-19-49-4/h11-12,14-15,31,33,35-39H,5-10,13,16-30H2,1-4H3. The summed E-state index contributed by atoms with van der Waals surface area (Å²) < 4.78 is 46.9. The summed E-state index contributed by atoms with van der Waals surface area (Å²) in [7, 11) is 1.73. The van der Waals surface area contributed by atoms with Gasteiger partial charge in [0.1, 0.15) is 6.10 Å². The first-order valence-corrected chi connectivity index (χ1v) is 20.9. The molecule has 3 fully saturated rings. The molecule has 2 saturated heterocycles. The number of morpholine rings is 1. The number of likely N-dealkylation sites (tertiary alicyclic amines) is 1. The molecule has 4 rings (SSSR count). The molecule has 0 spiro atoms. The topological polar surface area (TPSA) is 167 Å². The van der Waals surface area contributed by atoms with Crippen LogP contribution < -0.4 is 0 Å². The number of fused-ring (bicyclic) bond motifs is 1. The van der Waals surface area contributed by atoms with E-state index in [0.717, 1.165) is 69.5 Å². The molecule has 2 aliphatic heterocycles. The maximum atomic E-state index is 13.5. The van der Waals surface area contributed by atoms with Gasteiger partial charge in [0.05, 0.1) is 77.5 Å². The Kier molecular flexibility index (Phi) is 21.1. The molecule has 1 saturated carbocycles. The van der Waals surface area contributed by atoms with Crippen molar-refractivity contribution in [3.63, 3.8) is 0 Å². The lowest BCUT2D eigenvalue weighted by atomic mass is 9.81. The first kappa shape index (κ1) is 46.4. The molecular weight excluding hydrogens is 742 g/mol. The van der Waals surface area contributed by atoms with Gasteiger partial charge in [0.25, 0.3) is 5.09 Å². The SMILES string of the molecule is CCCCOC(=O)OC1CN(C(=O)OCCCCO[N+](=O)[O-])CC(OCC2CCC3OCCN(CCCOC)C3C2)C1c1ccc(COCC(C)COCC)cc1. The molecule has 57 heavy (non-hydrogen) atoms. The predicted octanol–water partition coefficient (Wildman–Crippen LogP) is 6.01. The van der Waals surface area contributed by atoms with Crippen molar-refractivity contribution < 1.29 is 57.4 Å². The van der Waals surface area contributed by atoms with E-state index >= 15 is 0 Å². The molecule has 0 radical (unpaired) electrons. The zero-order valence-corrected chi connectivity index (χ0v) is 34.6. The number of amides is 1. The van der Waals surface area contributed by atoms with E-state index in [0.29, 0.717) is 58.3 Å². The molecule has 0 N–H and O–H groups in total. The van der Waals surface area contributed by atoms with Crippen LogP contribution in [0.5, 0.6) is 0 Å². The Morgan fingerprint density at radius 3 is 2.46 bits per heavy atom.